The Balaban J connectivity index is 1.22. The average molecular weight is 683 g/mol. The van der Waals surface area contributed by atoms with Gasteiger partial charge in [-0.1, -0.05) is 93.6 Å². The van der Waals surface area contributed by atoms with Gasteiger partial charge >= 0.3 is 6.18 Å². The Labute approximate surface area is 298 Å². The van der Waals surface area contributed by atoms with Crippen molar-refractivity contribution in [1.82, 2.24) is 0 Å². The van der Waals surface area contributed by atoms with Gasteiger partial charge < -0.3 is 9.80 Å². The van der Waals surface area contributed by atoms with Crippen LogP contribution in [0.2, 0.25) is 0 Å². The molecule has 2 nitrogen and oxygen atoms in total. The van der Waals surface area contributed by atoms with E-state index in [1.54, 1.807) is 6.07 Å². The standard InChI is InChI=1S/C46H45F3N2/c1-28-10-18-38-34(26-28)42(2)22-6-8-24-44(42,4)50(38)36-19-13-29-12-17-33-37(20-14-30-11-16-32(36)40(29)41(30)33)51-39-21-15-31(46(47,48)49)27-35(39)43(3)23-7-9-25-45(43,51)5/h10-21,26-27H,6-9,22-25H2,1-5H3. The second-order valence-electron chi connectivity index (χ2n) is 17.1. The molecule has 5 heteroatoms. The third-order valence-electron chi connectivity index (χ3n) is 14.8. The first-order valence-corrected chi connectivity index (χ1v) is 18.9. The van der Waals surface area contributed by atoms with Crippen LogP contribution in [0, 0.1) is 6.92 Å². The van der Waals surface area contributed by atoms with Gasteiger partial charge in [-0.15, -0.1) is 0 Å². The number of benzene rings is 6. The van der Waals surface area contributed by atoms with Crippen LogP contribution >= 0.6 is 0 Å². The summed E-state index contributed by atoms with van der Waals surface area (Å²) in [4.78, 5) is 5.12. The molecule has 4 unspecified atom stereocenters. The highest BCUT2D eigenvalue weighted by atomic mass is 19.4. The monoisotopic (exact) mass is 682 g/mol. The quantitative estimate of drug-likeness (QED) is 0.168. The number of alkyl halides is 3. The molecule has 10 rings (SSSR count). The Morgan fingerprint density at radius 1 is 0.510 bits per heavy atom. The van der Waals surface area contributed by atoms with Gasteiger partial charge in [-0.05, 0) is 116 Å². The fraction of sp³-hybridized carbons (Fsp3) is 0.391. The molecule has 6 aromatic rings. The van der Waals surface area contributed by atoms with Crippen LogP contribution in [0.1, 0.15) is 101 Å². The summed E-state index contributed by atoms with van der Waals surface area (Å²) < 4.78 is 42.4. The number of fused-ring (bicyclic) bond motifs is 6. The van der Waals surface area contributed by atoms with Gasteiger partial charge in [-0.2, -0.15) is 13.2 Å². The van der Waals surface area contributed by atoms with Crippen molar-refractivity contribution in [3.05, 3.63) is 107 Å². The molecule has 260 valence electrons. The number of anilines is 4. The van der Waals surface area contributed by atoms with Crippen LogP contribution in [-0.2, 0) is 17.0 Å². The maximum absolute atomic E-state index is 14.1. The molecule has 0 saturated heterocycles. The van der Waals surface area contributed by atoms with E-state index in [0.717, 1.165) is 54.4 Å². The Hall–Kier alpha value is -4.25. The first kappa shape index (κ1) is 31.5. The van der Waals surface area contributed by atoms with Crippen LogP contribution in [0.3, 0.4) is 0 Å². The highest BCUT2D eigenvalue weighted by molar-refractivity contribution is 6.28. The van der Waals surface area contributed by atoms with E-state index in [2.05, 4.69) is 111 Å². The molecule has 0 bridgehead atoms. The van der Waals surface area contributed by atoms with Gasteiger partial charge in [0.2, 0.25) is 0 Å². The number of nitrogens with zero attached hydrogens (tertiary/aromatic N) is 2. The van der Waals surface area contributed by atoms with E-state index in [9.17, 15) is 13.2 Å². The van der Waals surface area contributed by atoms with Crippen molar-refractivity contribution in [1.29, 1.82) is 0 Å². The van der Waals surface area contributed by atoms with E-state index >= 15 is 0 Å². The average Bonchev–Trinajstić information content (AvgIpc) is 3.44. The van der Waals surface area contributed by atoms with Crippen LogP contribution in [0.5, 0.6) is 0 Å². The Bertz CT molecular complexity index is 2430. The highest BCUT2D eigenvalue weighted by Crippen LogP contribution is 2.64. The third-order valence-corrected chi connectivity index (χ3v) is 14.8. The predicted molar refractivity (Wildman–Crippen MR) is 205 cm³/mol. The smallest absolute Gasteiger partial charge is 0.334 e. The van der Waals surface area contributed by atoms with E-state index in [0.29, 0.717) is 0 Å². The molecule has 2 aliphatic carbocycles. The van der Waals surface area contributed by atoms with Crippen molar-refractivity contribution in [3.8, 4) is 0 Å². The van der Waals surface area contributed by atoms with Gasteiger partial charge in [0.15, 0.2) is 0 Å². The number of hydrogen-bond acceptors (Lipinski definition) is 2. The lowest BCUT2D eigenvalue weighted by Gasteiger charge is -2.50. The van der Waals surface area contributed by atoms with Crippen LogP contribution in [0.4, 0.5) is 35.9 Å². The summed E-state index contributed by atoms with van der Waals surface area (Å²) in [5.41, 5.74) is 6.91. The molecule has 51 heavy (non-hydrogen) atoms. The summed E-state index contributed by atoms with van der Waals surface area (Å²) in [7, 11) is 0. The van der Waals surface area contributed by atoms with E-state index < -0.39 is 17.2 Å². The zero-order chi connectivity index (χ0) is 35.3. The molecule has 2 heterocycles. The second kappa shape index (κ2) is 9.99. The molecule has 2 aliphatic heterocycles. The molecular weight excluding hydrogens is 638 g/mol. The minimum atomic E-state index is -4.38. The summed E-state index contributed by atoms with van der Waals surface area (Å²) in [6.07, 6.45) is 4.31. The normalized spacial score (nSPS) is 28.8. The first-order valence-electron chi connectivity index (χ1n) is 18.9. The maximum atomic E-state index is 14.1. The van der Waals surface area contributed by atoms with Gasteiger partial charge in [-0.3, -0.25) is 0 Å². The van der Waals surface area contributed by atoms with Crippen molar-refractivity contribution >= 4 is 55.1 Å². The van der Waals surface area contributed by atoms with E-state index in [4.69, 9.17) is 0 Å². The minimum absolute atomic E-state index is 0.0516. The van der Waals surface area contributed by atoms with Gasteiger partial charge in [0, 0.05) is 44.4 Å². The van der Waals surface area contributed by atoms with Crippen LogP contribution < -0.4 is 9.80 Å². The van der Waals surface area contributed by atoms with E-state index in [1.807, 2.05) is 0 Å². The zero-order valence-electron chi connectivity index (χ0n) is 30.3. The lowest BCUT2D eigenvalue weighted by Crippen LogP contribution is -2.54. The molecule has 4 atom stereocenters. The summed E-state index contributed by atoms with van der Waals surface area (Å²) in [5.74, 6) is 0. The Morgan fingerprint density at radius 3 is 1.45 bits per heavy atom. The van der Waals surface area contributed by atoms with Crippen LogP contribution in [0.25, 0.3) is 32.3 Å². The largest absolute Gasteiger partial charge is 0.416 e. The third kappa shape index (κ3) is 3.80. The number of rotatable bonds is 2. The van der Waals surface area contributed by atoms with Crippen molar-refractivity contribution in [3.63, 3.8) is 0 Å². The molecule has 6 aromatic carbocycles. The molecule has 0 spiro atoms. The lowest BCUT2D eigenvalue weighted by molar-refractivity contribution is -0.137. The number of hydrogen-bond donors (Lipinski definition) is 0. The molecule has 0 radical (unpaired) electrons. The number of aryl methyl sites for hydroxylation is 1. The van der Waals surface area contributed by atoms with Gasteiger partial charge in [0.05, 0.1) is 16.6 Å². The zero-order valence-corrected chi connectivity index (χ0v) is 30.3. The van der Waals surface area contributed by atoms with Crippen LogP contribution in [0.15, 0.2) is 84.9 Å². The molecule has 2 fully saturated rings. The van der Waals surface area contributed by atoms with Gasteiger partial charge in [0.1, 0.15) is 0 Å². The maximum Gasteiger partial charge on any atom is 0.416 e. The molecular formula is C46H45F3N2. The topological polar surface area (TPSA) is 6.48 Å². The minimum Gasteiger partial charge on any atom is -0.334 e. The lowest BCUT2D eigenvalue weighted by atomic mass is 9.61. The highest BCUT2D eigenvalue weighted by Gasteiger charge is 2.59. The summed E-state index contributed by atoms with van der Waals surface area (Å²) in [5, 5.41) is 7.35. The molecule has 0 amide bonds. The molecule has 0 N–H and O–H groups in total. The second-order valence-corrected chi connectivity index (χ2v) is 17.1. The van der Waals surface area contributed by atoms with Crippen molar-refractivity contribution in [2.45, 2.75) is 114 Å². The number of halogens is 3. The Kier molecular flexibility index (Phi) is 6.17. The van der Waals surface area contributed by atoms with Crippen molar-refractivity contribution in [2.24, 2.45) is 0 Å². The Morgan fingerprint density at radius 2 is 0.941 bits per heavy atom. The molecule has 2 saturated carbocycles. The predicted octanol–water partition coefficient (Wildman–Crippen LogP) is 13.4. The first-order chi connectivity index (χ1) is 24.3. The SMILES string of the molecule is Cc1ccc2c(c1)C1(C)CCCCC1(C)N2c1ccc2ccc3c(N4c5ccc(C(F)(F)F)cc5C5(C)CCCCC45C)ccc4ccc1c2c43. The summed E-state index contributed by atoms with van der Waals surface area (Å²) in [6, 6.07) is 29.8. The molecule has 0 aromatic heterocycles. The van der Waals surface area contributed by atoms with Gasteiger partial charge in [-0.25, -0.2) is 0 Å². The van der Waals surface area contributed by atoms with Crippen molar-refractivity contribution in [2.75, 3.05) is 9.80 Å². The fourth-order valence-electron chi connectivity index (χ4n) is 11.7. The fourth-order valence-corrected chi connectivity index (χ4v) is 11.7. The molecule has 4 aliphatic rings. The van der Waals surface area contributed by atoms with Gasteiger partial charge in [0.25, 0.3) is 0 Å². The summed E-state index contributed by atoms with van der Waals surface area (Å²) >= 11 is 0. The van der Waals surface area contributed by atoms with Crippen molar-refractivity contribution < 1.29 is 13.2 Å². The van der Waals surface area contributed by atoms with E-state index in [1.165, 1.54) is 80.8 Å². The van der Waals surface area contributed by atoms with E-state index in [-0.39, 0.29) is 16.5 Å². The summed E-state index contributed by atoms with van der Waals surface area (Å²) in [6.45, 7) is 11.7. The van der Waals surface area contributed by atoms with Crippen LogP contribution in [-0.4, -0.2) is 11.1 Å².